The summed E-state index contributed by atoms with van der Waals surface area (Å²) in [5.74, 6) is -2.51. The van der Waals surface area contributed by atoms with Crippen molar-refractivity contribution in [1.82, 2.24) is 4.57 Å². The zero-order chi connectivity index (χ0) is 19.3. The molecule has 2 aromatic rings. The first-order chi connectivity index (χ1) is 12.3. The summed E-state index contributed by atoms with van der Waals surface area (Å²) in [4.78, 5) is 20.5. The molecule has 1 aliphatic heterocycles. The van der Waals surface area contributed by atoms with Gasteiger partial charge in [-0.15, -0.1) is 11.8 Å². The van der Waals surface area contributed by atoms with Crippen molar-refractivity contribution in [2.45, 2.75) is 43.7 Å². The number of nitrogens with zero attached hydrogens (tertiary/aromatic N) is 1. The van der Waals surface area contributed by atoms with Crippen LogP contribution >= 0.6 is 11.8 Å². The molecule has 1 aromatic heterocycles. The molecule has 0 aliphatic carbocycles. The molecular weight excluding hydrogens is 352 g/mol. The molecule has 26 heavy (non-hydrogen) atoms. The molecule has 3 rings (SSSR count). The Morgan fingerprint density at radius 2 is 1.96 bits per heavy atom. The van der Waals surface area contributed by atoms with Crippen LogP contribution in [0.2, 0.25) is 0 Å². The van der Waals surface area contributed by atoms with Gasteiger partial charge in [0, 0.05) is 46.2 Å². The van der Waals surface area contributed by atoms with Gasteiger partial charge in [0.2, 0.25) is 0 Å². The first-order valence-corrected chi connectivity index (χ1v) is 9.63. The van der Waals surface area contributed by atoms with Gasteiger partial charge in [0.05, 0.1) is 0 Å². The number of benzene rings is 1. The minimum Gasteiger partial charge on any atom is -0.478 e. The van der Waals surface area contributed by atoms with E-state index in [1.54, 1.807) is 0 Å². The number of carboxylic acids is 2. The molecular formula is C19H24N2O4S. The van der Waals surface area contributed by atoms with E-state index in [9.17, 15) is 9.59 Å². The maximum absolute atomic E-state index is 9.55. The van der Waals surface area contributed by atoms with Crippen molar-refractivity contribution < 1.29 is 19.8 Å². The van der Waals surface area contributed by atoms with Crippen LogP contribution in [0.4, 0.5) is 0 Å². The highest BCUT2D eigenvalue weighted by Crippen LogP contribution is 2.34. The molecule has 0 saturated carbocycles. The minimum atomic E-state index is -1.26. The number of fused-ring (bicyclic) bond motifs is 3. The van der Waals surface area contributed by atoms with Crippen molar-refractivity contribution in [1.29, 1.82) is 0 Å². The van der Waals surface area contributed by atoms with Gasteiger partial charge in [-0.25, -0.2) is 9.59 Å². The molecule has 1 atom stereocenters. The van der Waals surface area contributed by atoms with Gasteiger partial charge in [0.25, 0.3) is 0 Å². The second kappa shape index (κ2) is 8.91. The van der Waals surface area contributed by atoms with Crippen LogP contribution in [0.15, 0.2) is 35.2 Å². The lowest BCUT2D eigenvalue weighted by Gasteiger charge is -2.06. The van der Waals surface area contributed by atoms with Crippen LogP contribution in [0, 0.1) is 0 Å². The standard InChI is InChI=1S/C15H20N2S.C4H4O4/c1-10(16)8-12-13-9-11(18-2)5-6-15(13)17-7-3-4-14(12)17;5-3(6)1-2-4(7)8/h5-6,9-10H,3-4,7-8,16H2,1-2H3;1-2H,(H,5,6)(H,7,8)/b;2-1+. The van der Waals surface area contributed by atoms with Crippen LogP contribution in [0.5, 0.6) is 0 Å². The maximum atomic E-state index is 9.55. The number of aryl methyl sites for hydroxylation is 1. The van der Waals surface area contributed by atoms with Crippen LogP contribution in [-0.4, -0.2) is 39.0 Å². The smallest absolute Gasteiger partial charge is 0.328 e. The average Bonchev–Trinajstić information content (AvgIpc) is 3.16. The number of thioether (sulfide) groups is 1. The molecule has 0 spiro atoms. The van der Waals surface area contributed by atoms with E-state index in [4.69, 9.17) is 15.9 Å². The summed E-state index contributed by atoms with van der Waals surface area (Å²) in [5, 5.41) is 17.0. The van der Waals surface area contributed by atoms with Gasteiger partial charge < -0.3 is 20.5 Å². The Hall–Kier alpha value is -2.25. The van der Waals surface area contributed by atoms with Gasteiger partial charge in [-0.1, -0.05) is 0 Å². The lowest BCUT2D eigenvalue weighted by Crippen LogP contribution is -2.18. The Labute approximate surface area is 156 Å². The van der Waals surface area contributed by atoms with Crippen molar-refractivity contribution in [2.24, 2.45) is 5.73 Å². The van der Waals surface area contributed by atoms with E-state index in [1.165, 1.54) is 46.4 Å². The molecule has 1 aromatic carbocycles. The summed E-state index contributed by atoms with van der Waals surface area (Å²) in [7, 11) is 0. The van der Waals surface area contributed by atoms with E-state index >= 15 is 0 Å². The topological polar surface area (TPSA) is 106 Å². The molecule has 2 heterocycles. The molecule has 1 unspecified atom stereocenters. The van der Waals surface area contributed by atoms with Crippen molar-refractivity contribution in [3.63, 3.8) is 0 Å². The Kier molecular flexibility index (Phi) is 6.88. The van der Waals surface area contributed by atoms with E-state index < -0.39 is 11.9 Å². The number of rotatable bonds is 5. The second-order valence-electron chi connectivity index (χ2n) is 6.25. The van der Waals surface area contributed by atoms with Gasteiger partial charge in [-0.3, -0.25) is 0 Å². The quantitative estimate of drug-likeness (QED) is 0.547. The van der Waals surface area contributed by atoms with Crippen LogP contribution in [0.25, 0.3) is 10.9 Å². The maximum Gasteiger partial charge on any atom is 0.328 e. The lowest BCUT2D eigenvalue weighted by atomic mass is 10.0. The molecule has 7 heteroatoms. The third-order valence-electron chi connectivity index (χ3n) is 4.18. The molecule has 1 aliphatic rings. The number of nitrogens with two attached hydrogens (primary N) is 1. The molecule has 0 radical (unpaired) electrons. The summed E-state index contributed by atoms with van der Waals surface area (Å²) >= 11 is 1.81. The number of carboxylic acid groups (broad SMARTS) is 2. The van der Waals surface area contributed by atoms with Crippen LogP contribution in [-0.2, 0) is 29.0 Å². The summed E-state index contributed by atoms with van der Waals surface area (Å²) < 4.78 is 2.50. The number of aromatic nitrogens is 1. The van der Waals surface area contributed by atoms with E-state index in [-0.39, 0.29) is 6.04 Å². The average molecular weight is 376 g/mol. The fourth-order valence-corrected chi connectivity index (χ4v) is 3.66. The zero-order valence-electron chi connectivity index (χ0n) is 14.9. The Morgan fingerprint density at radius 1 is 1.31 bits per heavy atom. The van der Waals surface area contributed by atoms with Crippen molar-refractivity contribution in [3.8, 4) is 0 Å². The second-order valence-corrected chi connectivity index (χ2v) is 7.13. The first-order valence-electron chi connectivity index (χ1n) is 8.41. The minimum absolute atomic E-state index is 0.235. The number of hydrogen-bond acceptors (Lipinski definition) is 4. The van der Waals surface area contributed by atoms with Gasteiger partial charge in [0.15, 0.2) is 0 Å². The van der Waals surface area contributed by atoms with Gasteiger partial charge in [0.1, 0.15) is 0 Å². The predicted molar refractivity (Wildman–Crippen MR) is 104 cm³/mol. The Bertz CT molecular complexity index is 824. The van der Waals surface area contributed by atoms with Crippen molar-refractivity contribution in [2.75, 3.05) is 6.26 Å². The van der Waals surface area contributed by atoms with Crippen molar-refractivity contribution in [3.05, 3.63) is 41.6 Å². The number of carbonyl (C=O) groups is 2. The van der Waals surface area contributed by atoms with E-state index in [0.29, 0.717) is 12.2 Å². The Morgan fingerprint density at radius 3 is 2.50 bits per heavy atom. The SMILES string of the molecule is CSc1ccc2c(c1)c(CC(C)N)c1n2CCC1.O=C(O)/C=C/C(=O)O. The van der Waals surface area contributed by atoms with E-state index in [1.807, 2.05) is 11.8 Å². The van der Waals surface area contributed by atoms with E-state index in [2.05, 4.69) is 35.9 Å². The predicted octanol–water partition coefficient (Wildman–Crippen LogP) is 2.91. The highest BCUT2D eigenvalue weighted by Gasteiger charge is 2.21. The number of aliphatic carboxylic acids is 2. The largest absolute Gasteiger partial charge is 0.478 e. The lowest BCUT2D eigenvalue weighted by molar-refractivity contribution is -0.134. The van der Waals surface area contributed by atoms with Crippen LogP contribution < -0.4 is 5.73 Å². The first kappa shape index (κ1) is 20.1. The summed E-state index contributed by atoms with van der Waals surface area (Å²) in [5.41, 5.74) is 10.4. The molecule has 0 fully saturated rings. The van der Waals surface area contributed by atoms with Crippen LogP contribution in [0.3, 0.4) is 0 Å². The normalized spacial score (nSPS) is 14.1. The Balaban J connectivity index is 0.000000260. The van der Waals surface area contributed by atoms with Gasteiger partial charge in [-0.2, -0.15) is 0 Å². The highest BCUT2D eigenvalue weighted by molar-refractivity contribution is 7.98. The summed E-state index contributed by atoms with van der Waals surface area (Å²) in [6.07, 6.45) is 6.74. The molecule has 140 valence electrons. The summed E-state index contributed by atoms with van der Waals surface area (Å²) in [6, 6.07) is 7.08. The van der Waals surface area contributed by atoms with Gasteiger partial charge in [-0.05, 0) is 56.2 Å². The third-order valence-corrected chi connectivity index (χ3v) is 4.91. The fraction of sp³-hybridized carbons (Fsp3) is 0.368. The molecule has 0 saturated heterocycles. The molecule has 0 amide bonds. The molecule has 6 nitrogen and oxygen atoms in total. The van der Waals surface area contributed by atoms with E-state index in [0.717, 1.165) is 6.42 Å². The zero-order valence-corrected chi connectivity index (χ0v) is 15.8. The van der Waals surface area contributed by atoms with Gasteiger partial charge >= 0.3 is 11.9 Å². The molecule has 0 bridgehead atoms. The molecule has 4 N–H and O–H groups in total. The van der Waals surface area contributed by atoms with Crippen LogP contribution in [0.1, 0.15) is 24.6 Å². The summed E-state index contributed by atoms with van der Waals surface area (Å²) in [6.45, 7) is 3.27. The fourth-order valence-electron chi connectivity index (χ4n) is 3.22. The van der Waals surface area contributed by atoms with Crippen molar-refractivity contribution >= 4 is 34.6 Å². The number of hydrogen-bond donors (Lipinski definition) is 3. The monoisotopic (exact) mass is 376 g/mol. The third kappa shape index (κ3) is 4.89. The highest BCUT2D eigenvalue weighted by atomic mass is 32.2.